The predicted molar refractivity (Wildman–Crippen MR) is 183 cm³/mol. The second-order valence-corrected chi connectivity index (χ2v) is 14.9. The molecule has 5 heterocycles. The quantitative estimate of drug-likeness (QED) is 0.328. The van der Waals surface area contributed by atoms with E-state index in [1.54, 1.807) is 14.4 Å². The van der Waals surface area contributed by atoms with Crippen molar-refractivity contribution < 1.29 is 22.8 Å². The standard InChI is InChI=1S/C34H42BrF3N8O3/c1-42-18-24-17-23(42)19-45(24)21-6-10-43(11-7-21)31(47)28(16-20-14-25(34(36,37)38)30(39)26(35)15-20)41-32(48)44-12-8-22(9-13-44)46-29-5-3-2-4-27(29)40-33(46)49/h2-5,14-15,21-24,28H,6-13,16-19,39H2,1H3,(H,40,49)(H,41,48)/t23?,24?,28-/m1/s1. The van der Waals surface area contributed by atoms with Gasteiger partial charge in [-0.2, -0.15) is 13.2 Å². The molecule has 4 saturated heterocycles. The van der Waals surface area contributed by atoms with Gasteiger partial charge >= 0.3 is 17.9 Å². The highest BCUT2D eigenvalue weighted by Gasteiger charge is 2.45. The number of likely N-dealkylation sites (tertiary alicyclic amines) is 4. The number of benzene rings is 2. The van der Waals surface area contributed by atoms with Gasteiger partial charge in [0.05, 0.1) is 22.3 Å². The monoisotopic (exact) mass is 746 g/mol. The van der Waals surface area contributed by atoms with Crippen molar-refractivity contribution in [1.29, 1.82) is 0 Å². The SMILES string of the molecule is CN1CC2CC1CN2C1CCN(C(=O)[C@@H](Cc2cc(Br)c(N)c(C(F)(F)F)c2)NC(=O)N2CCC(n3c(=O)[nH]c4ccccc43)CC2)CC1. The molecule has 49 heavy (non-hydrogen) atoms. The van der Waals surface area contributed by atoms with Crippen LogP contribution in [0.1, 0.15) is 49.3 Å². The third-order valence-corrected chi connectivity index (χ3v) is 11.7. The molecule has 2 bridgehead atoms. The van der Waals surface area contributed by atoms with Crippen LogP contribution in [0.2, 0.25) is 0 Å². The number of hydrogen-bond donors (Lipinski definition) is 3. The predicted octanol–water partition coefficient (Wildman–Crippen LogP) is 4.03. The second-order valence-electron chi connectivity index (χ2n) is 14.0. The van der Waals surface area contributed by atoms with Gasteiger partial charge in [0.15, 0.2) is 0 Å². The summed E-state index contributed by atoms with van der Waals surface area (Å²) in [6.07, 6.45) is -0.942. The molecule has 0 spiro atoms. The van der Waals surface area contributed by atoms with Gasteiger partial charge in [-0.05, 0) is 84.9 Å². The number of rotatable bonds is 6. The number of carbonyl (C=O) groups is 2. The van der Waals surface area contributed by atoms with Crippen LogP contribution in [0.25, 0.3) is 11.0 Å². The number of nitrogens with zero attached hydrogens (tertiary/aromatic N) is 5. The van der Waals surface area contributed by atoms with Crippen LogP contribution in [0.3, 0.4) is 0 Å². The fourth-order valence-corrected chi connectivity index (χ4v) is 8.96. The summed E-state index contributed by atoms with van der Waals surface area (Å²) < 4.78 is 43.4. The van der Waals surface area contributed by atoms with Gasteiger partial charge in [0.1, 0.15) is 6.04 Å². The van der Waals surface area contributed by atoms with Crippen LogP contribution in [0.5, 0.6) is 0 Å². The highest BCUT2D eigenvalue weighted by molar-refractivity contribution is 9.10. The number of likely N-dealkylation sites (N-methyl/N-ethyl adjacent to an activating group) is 1. The lowest BCUT2D eigenvalue weighted by Gasteiger charge is -2.42. The zero-order valence-electron chi connectivity index (χ0n) is 27.4. The maximum atomic E-state index is 14.1. The van der Waals surface area contributed by atoms with E-state index in [1.165, 1.54) is 12.5 Å². The van der Waals surface area contributed by atoms with E-state index in [1.807, 2.05) is 24.3 Å². The maximum absolute atomic E-state index is 14.1. The van der Waals surface area contributed by atoms with Crippen LogP contribution in [0.4, 0.5) is 23.7 Å². The van der Waals surface area contributed by atoms with Gasteiger partial charge in [-0.25, -0.2) is 9.59 Å². The van der Waals surface area contributed by atoms with Crippen molar-refractivity contribution in [2.45, 2.75) is 74.9 Å². The molecule has 3 aromatic rings. The number of H-pyrrole nitrogens is 1. The molecular weight excluding hydrogens is 705 g/mol. The Labute approximate surface area is 290 Å². The summed E-state index contributed by atoms with van der Waals surface area (Å²) in [6.45, 7) is 3.84. The topological polar surface area (TPSA) is 123 Å². The van der Waals surface area contributed by atoms with E-state index in [4.69, 9.17) is 5.73 Å². The lowest BCUT2D eigenvalue weighted by Crippen LogP contribution is -2.57. The van der Waals surface area contributed by atoms with Crippen molar-refractivity contribution >= 4 is 44.6 Å². The van der Waals surface area contributed by atoms with Crippen molar-refractivity contribution in [1.82, 2.24) is 34.5 Å². The molecule has 2 unspecified atom stereocenters. The molecule has 7 rings (SSSR count). The fourth-order valence-electron chi connectivity index (χ4n) is 8.45. The Morgan fingerprint density at radius 3 is 2.31 bits per heavy atom. The number of anilines is 1. The van der Waals surface area contributed by atoms with Crippen molar-refractivity contribution in [3.8, 4) is 0 Å². The molecule has 4 fully saturated rings. The van der Waals surface area contributed by atoms with Crippen molar-refractivity contribution in [3.05, 3.63) is 62.5 Å². The number of halogens is 4. The first-order chi connectivity index (χ1) is 23.4. The number of urea groups is 1. The first-order valence-electron chi connectivity index (χ1n) is 17.0. The minimum Gasteiger partial charge on any atom is -0.397 e. The average molecular weight is 748 g/mol. The first-order valence-corrected chi connectivity index (χ1v) is 17.8. The molecule has 4 N–H and O–H groups in total. The summed E-state index contributed by atoms with van der Waals surface area (Å²) >= 11 is 3.15. The normalized spacial score (nSPS) is 23.4. The Balaban J connectivity index is 1.05. The number of nitrogens with one attached hydrogen (secondary N) is 2. The van der Waals surface area contributed by atoms with Gasteiger partial charge in [-0.3, -0.25) is 14.3 Å². The summed E-state index contributed by atoms with van der Waals surface area (Å²) in [4.78, 5) is 51.8. The Bertz CT molecular complexity index is 1780. The zero-order valence-corrected chi connectivity index (χ0v) is 29.0. The van der Waals surface area contributed by atoms with Gasteiger partial charge in [0.2, 0.25) is 5.91 Å². The van der Waals surface area contributed by atoms with E-state index in [-0.39, 0.29) is 34.1 Å². The van der Waals surface area contributed by atoms with Crippen LogP contribution in [0, 0.1) is 0 Å². The third kappa shape index (κ3) is 6.68. The van der Waals surface area contributed by atoms with Gasteiger partial charge < -0.3 is 30.7 Å². The Kier molecular flexibility index (Phi) is 9.20. The van der Waals surface area contributed by atoms with E-state index in [0.717, 1.165) is 43.0 Å². The number of imidazole rings is 1. The number of para-hydroxylation sites is 2. The molecule has 0 saturated carbocycles. The molecule has 1 aromatic heterocycles. The number of piperidine rings is 2. The highest BCUT2D eigenvalue weighted by Crippen LogP contribution is 2.38. The number of amides is 3. The molecule has 11 nitrogen and oxygen atoms in total. The smallest absolute Gasteiger partial charge is 0.397 e. The Morgan fingerprint density at radius 2 is 1.65 bits per heavy atom. The van der Waals surface area contributed by atoms with E-state index in [9.17, 15) is 27.6 Å². The minimum absolute atomic E-state index is 0.0795. The molecule has 0 radical (unpaired) electrons. The lowest BCUT2D eigenvalue weighted by atomic mass is 9.98. The summed E-state index contributed by atoms with van der Waals surface area (Å²) in [6, 6.07) is 9.78. The number of piperazine rings is 1. The van der Waals surface area contributed by atoms with Gasteiger partial charge in [-0.1, -0.05) is 12.1 Å². The molecule has 2 aromatic carbocycles. The number of fused-ring (bicyclic) bond motifs is 3. The molecule has 4 aliphatic rings. The third-order valence-electron chi connectivity index (χ3n) is 11.1. The van der Waals surface area contributed by atoms with Crippen molar-refractivity contribution in [2.24, 2.45) is 0 Å². The summed E-state index contributed by atoms with van der Waals surface area (Å²) in [5.41, 5.74) is 5.93. The van der Waals surface area contributed by atoms with Crippen molar-refractivity contribution in [3.63, 3.8) is 0 Å². The second kappa shape index (κ2) is 13.3. The number of alkyl halides is 3. The number of hydrogen-bond acceptors (Lipinski definition) is 6. The van der Waals surface area contributed by atoms with Crippen LogP contribution >= 0.6 is 15.9 Å². The fraction of sp³-hybridized carbons (Fsp3) is 0.559. The van der Waals surface area contributed by atoms with Gasteiger partial charge in [-0.15, -0.1) is 0 Å². The van der Waals surface area contributed by atoms with Crippen LogP contribution in [-0.2, 0) is 17.4 Å². The van der Waals surface area contributed by atoms with E-state index in [0.29, 0.717) is 57.1 Å². The zero-order chi connectivity index (χ0) is 34.6. The molecule has 3 atom stereocenters. The number of aromatic nitrogens is 2. The Hall–Kier alpha value is -3.56. The largest absolute Gasteiger partial charge is 0.418 e. The molecular formula is C34H42BrF3N8O3. The van der Waals surface area contributed by atoms with E-state index in [2.05, 4.69) is 43.1 Å². The number of carbonyl (C=O) groups excluding carboxylic acids is 2. The van der Waals surface area contributed by atoms with Gasteiger partial charge in [0.25, 0.3) is 0 Å². The molecule has 264 valence electrons. The summed E-state index contributed by atoms with van der Waals surface area (Å²) in [5.74, 6) is -0.309. The molecule has 0 aliphatic carbocycles. The number of aromatic amines is 1. The number of nitrogen functional groups attached to an aromatic ring is 1. The highest BCUT2D eigenvalue weighted by atomic mass is 79.9. The minimum atomic E-state index is -4.69. The number of nitrogens with two attached hydrogens (primary N) is 1. The van der Waals surface area contributed by atoms with Crippen LogP contribution in [0.15, 0.2) is 45.7 Å². The van der Waals surface area contributed by atoms with E-state index < -0.39 is 29.5 Å². The average Bonchev–Trinajstić information content (AvgIpc) is 3.76. The maximum Gasteiger partial charge on any atom is 0.418 e. The molecule has 3 amide bonds. The van der Waals surface area contributed by atoms with Gasteiger partial charge in [0, 0.05) is 74.3 Å². The van der Waals surface area contributed by atoms with E-state index >= 15 is 0 Å². The Morgan fingerprint density at radius 1 is 0.980 bits per heavy atom. The first kappa shape index (κ1) is 33.9. The molecule has 15 heteroatoms. The molecule has 4 aliphatic heterocycles. The lowest BCUT2D eigenvalue weighted by molar-refractivity contribution is -0.137. The van der Waals surface area contributed by atoms with Crippen LogP contribution in [-0.4, -0.2) is 112 Å². The van der Waals surface area contributed by atoms with Crippen molar-refractivity contribution in [2.75, 3.05) is 52.0 Å². The summed E-state index contributed by atoms with van der Waals surface area (Å²) in [5, 5.41) is 2.89. The van der Waals surface area contributed by atoms with Crippen LogP contribution < -0.4 is 16.7 Å². The summed E-state index contributed by atoms with van der Waals surface area (Å²) in [7, 11) is 2.17.